The molecule has 0 spiro atoms. The molecule has 0 saturated carbocycles. The Morgan fingerprint density at radius 2 is 1.72 bits per heavy atom. The molecule has 1 aliphatic heterocycles. The SMILES string of the molecule is Cc1ccc(CCN2CCC(N(C)C)CC2)cc1. The quantitative estimate of drug-likeness (QED) is 0.805. The van der Waals surface area contributed by atoms with E-state index in [2.05, 4.69) is 55.1 Å². The molecule has 0 radical (unpaired) electrons. The van der Waals surface area contributed by atoms with Gasteiger partial charge in [-0.1, -0.05) is 29.8 Å². The van der Waals surface area contributed by atoms with Gasteiger partial charge in [-0.3, -0.25) is 0 Å². The van der Waals surface area contributed by atoms with E-state index in [1.54, 1.807) is 0 Å². The standard InChI is InChI=1S/C16H26N2/c1-14-4-6-15(7-5-14)8-11-18-12-9-16(10-13-18)17(2)3/h4-7,16H,8-13H2,1-3H3. The lowest BCUT2D eigenvalue weighted by Crippen LogP contribution is -2.42. The number of piperidine rings is 1. The molecule has 0 N–H and O–H groups in total. The van der Waals surface area contributed by atoms with E-state index in [0.29, 0.717) is 0 Å². The fourth-order valence-electron chi connectivity index (χ4n) is 2.70. The monoisotopic (exact) mass is 246 g/mol. The third kappa shape index (κ3) is 3.82. The van der Waals surface area contributed by atoms with Gasteiger partial charge >= 0.3 is 0 Å². The Bertz CT molecular complexity index is 348. The van der Waals surface area contributed by atoms with Crippen molar-refractivity contribution in [3.63, 3.8) is 0 Å². The Kier molecular flexibility index (Phi) is 4.79. The maximum Gasteiger partial charge on any atom is 0.0113 e. The van der Waals surface area contributed by atoms with Crippen molar-refractivity contribution in [2.45, 2.75) is 32.2 Å². The highest BCUT2D eigenvalue weighted by atomic mass is 15.2. The van der Waals surface area contributed by atoms with Crippen LogP contribution in [0.2, 0.25) is 0 Å². The van der Waals surface area contributed by atoms with Crippen molar-refractivity contribution in [1.82, 2.24) is 9.80 Å². The van der Waals surface area contributed by atoms with Gasteiger partial charge in [0.05, 0.1) is 0 Å². The number of rotatable bonds is 4. The smallest absolute Gasteiger partial charge is 0.0113 e. The van der Waals surface area contributed by atoms with Crippen LogP contribution in [0.4, 0.5) is 0 Å². The van der Waals surface area contributed by atoms with Gasteiger partial charge in [-0.05, 0) is 58.9 Å². The van der Waals surface area contributed by atoms with E-state index >= 15 is 0 Å². The third-order valence-electron chi connectivity index (χ3n) is 4.12. The molecule has 1 aliphatic rings. The molecule has 0 bridgehead atoms. The average Bonchev–Trinajstić information content (AvgIpc) is 2.38. The number of aryl methyl sites for hydroxylation is 1. The first-order valence-electron chi connectivity index (χ1n) is 7.09. The maximum atomic E-state index is 2.61. The fourth-order valence-corrected chi connectivity index (χ4v) is 2.70. The van der Waals surface area contributed by atoms with Crippen LogP contribution < -0.4 is 0 Å². The first-order chi connectivity index (χ1) is 8.65. The second-order valence-electron chi connectivity index (χ2n) is 5.77. The van der Waals surface area contributed by atoms with Crippen LogP contribution in [0.15, 0.2) is 24.3 Å². The molecule has 2 nitrogen and oxygen atoms in total. The molecule has 0 unspecified atom stereocenters. The normalized spacial score (nSPS) is 18.4. The van der Waals surface area contributed by atoms with E-state index in [1.807, 2.05) is 0 Å². The lowest BCUT2D eigenvalue weighted by Gasteiger charge is -2.35. The molecule has 2 rings (SSSR count). The van der Waals surface area contributed by atoms with Gasteiger partial charge in [0.25, 0.3) is 0 Å². The van der Waals surface area contributed by atoms with Crippen LogP contribution in [-0.4, -0.2) is 49.6 Å². The zero-order valence-electron chi connectivity index (χ0n) is 12.0. The van der Waals surface area contributed by atoms with Gasteiger partial charge in [0.15, 0.2) is 0 Å². The summed E-state index contributed by atoms with van der Waals surface area (Å²) in [4.78, 5) is 4.98. The van der Waals surface area contributed by atoms with Gasteiger partial charge in [-0.25, -0.2) is 0 Å². The van der Waals surface area contributed by atoms with E-state index in [0.717, 1.165) is 6.04 Å². The van der Waals surface area contributed by atoms with Crippen molar-refractivity contribution in [1.29, 1.82) is 0 Å². The van der Waals surface area contributed by atoms with Crippen LogP contribution in [0, 0.1) is 6.92 Å². The van der Waals surface area contributed by atoms with Gasteiger partial charge < -0.3 is 9.80 Å². The average molecular weight is 246 g/mol. The lowest BCUT2D eigenvalue weighted by molar-refractivity contribution is 0.146. The molecular weight excluding hydrogens is 220 g/mol. The summed E-state index contributed by atoms with van der Waals surface area (Å²) in [5.41, 5.74) is 2.82. The van der Waals surface area contributed by atoms with Gasteiger partial charge in [0.2, 0.25) is 0 Å². The largest absolute Gasteiger partial charge is 0.306 e. The molecule has 1 fully saturated rings. The van der Waals surface area contributed by atoms with Gasteiger partial charge in [0.1, 0.15) is 0 Å². The van der Waals surface area contributed by atoms with Crippen molar-refractivity contribution in [2.24, 2.45) is 0 Å². The lowest BCUT2D eigenvalue weighted by atomic mass is 10.0. The van der Waals surface area contributed by atoms with Crippen LogP contribution in [-0.2, 0) is 6.42 Å². The fraction of sp³-hybridized carbons (Fsp3) is 0.625. The molecule has 18 heavy (non-hydrogen) atoms. The molecule has 0 aromatic heterocycles. The van der Waals surface area contributed by atoms with Gasteiger partial charge in [-0.15, -0.1) is 0 Å². The number of hydrogen-bond acceptors (Lipinski definition) is 2. The minimum absolute atomic E-state index is 0.792. The zero-order valence-corrected chi connectivity index (χ0v) is 12.0. The number of nitrogens with zero attached hydrogens (tertiary/aromatic N) is 2. The first-order valence-corrected chi connectivity index (χ1v) is 7.09. The second kappa shape index (κ2) is 6.35. The Hall–Kier alpha value is -0.860. The number of likely N-dealkylation sites (tertiary alicyclic amines) is 1. The van der Waals surface area contributed by atoms with Crippen molar-refractivity contribution in [3.8, 4) is 0 Å². The van der Waals surface area contributed by atoms with Crippen LogP contribution in [0.25, 0.3) is 0 Å². The highest BCUT2D eigenvalue weighted by Gasteiger charge is 2.19. The van der Waals surface area contributed by atoms with Crippen molar-refractivity contribution >= 4 is 0 Å². The second-order valence-corrected chi connectivity index (χ2v) is 5.77. The Morgan fingerprint density at radius 3 is 2.28 bits per heavy atom. The number of benzene rings is 1. The summed E-state index contributed by atoms with van der Waals surface area (Å²) in [5, 5.41) is 0. The maximum absolute atomic E-state index is 2.61. The van der Waals surface area contributed by atoms with E-state index in [9.17, 15) is 0 Å². The summed E-state index contributed by atoms with van der Waals surface area (Å²) in [5.74, 6) is 0. The summed E-state index contributed by atoms with van der Waals surface area (Å²) >= 11 is 0. The first kappa shape index (κ1) is 13.6. The molecular formula is C16H26N2. The van der Waals surface area contributed by atoms with Crippen LogP contribution in [0.1, 0.15) is 24.0 Å². The molecule has 1 aromatic carbocycles. The van der Waals surface area contributed by atoms with Crippen molar-refractivity contribution in [2.75, 3.05) is 33.7 Å². The Labute approximate surface area is 112 Å². The number of hydrogen-bond donors (Lipinski definition) is 0. The van der Waals surface area contributed by atoms with Crippen molar-refractivity contribution in [3.05, 3.63) is 35.4 Å². The topological polar surface area (TPSA) is 6.48 Å². The van der Waals surface area contributed by atoms with Gasteiger partial charge in [-0.2, -0.15) is 0 Å². The molecule has 0 aliphatic carbocycles. The summed E-state index contributed by atoms with van der Waals surface area (Å²) < 4.78 is 0. The molecule has 0 atom stereocenters. The van der Waals surface area contributed by atoms with E-state index < -0.39 is 0 Å². The van der Waals surface area contributed by atoms with Crippen LogP contribution in [0.3, 0.4) is 0 Å². The zero-order chi connectivity index (χ0) is 13.0. The predicted octanol–water partition coefficient (Wildman–Crippen LogP) is 2.56. The Morgan fingerprint density at radius 1 is 1.11 bits per heavy atom. The highest BCUT2D eigenvalue weighted by Crippen LogP contribution is 2.14. The van der Waals surface area contributed by atoms with Crippen molar-refractivity contribution < 1.29 is 0 Å². The molecule has 1 heterocycles. The third-order valence-corrected chi connectivity index (χ3v) is 4.12. The molecule has 1 saturated heterocycles. The Balaban J connectivity index is 1.74. The molecule has 2 heteroatoms. The molecule has 1 aromatic rings. The van der Waals surface area contributed by atoms with E-state index in [-0.39, 0.29) is 0 Å². The minimum Gasteiger partial charge on any atom is -0.306 e. The van der Waals surface area contributed by atoms with Crippen LogP contribution in [0.5, 0.6) is 0 Å². The summed E-state index contributed by atoms with van der Waals surface area (Å²) in [6.45, 7) is 5.88. The van der Waals surface area contributed by atoms with E-state index in [4.69, 9.17) is 0 Å². The molecule has 100 valence electrons. The van der Waals surface area contributed by atoms with Gasteiger partial charge in [0, 0.05) is 12.6 Å². The van der Waals surface area contributed by atoms with Crippen LogP contribution >= 0.6 is 0 Å². The predicted molar refractivity (Wildman–Crippen MR) is 78.0 cm³/mol. The summed E-state index contributed by atoms with van der Waals surface area (Å²) in [6, 6.07) is 9.76. The van der Waals surface area contributed by atoms with E-state index in [1.165, 1.54) is 50.0 Å². The minimum atomic E-state index is 0.792. The summed E-state index contributed by atoms with van der Waals surface area (Å²) in [6.07, 6.45) is 3.83. The molecule has 0 amide bonds. The summed E-state index contributed by atoms with van der Waals surface area (Å²) in [7, 11) is 4.40. The highest BCUT2D eigenvalue weighted by molar-refractivity contribution is 5.21.